The van der Waals surface area contributed by atoms with E-state index in [1.165, 1.54) is 5.56 Å². The summed E-state index contributed by atoms with van der Waals surface area (Å²) in [6.45, 7) is 7.24. The quantitative estimate of drug-likeness (QED) is 0.871. The van der Waals surface area contributed by atoms with Crippen LogP contribution < -0.4 is 10.2 Å². The Bertz CT molecular complexity index is 328. The largest absolute Gasteiger partial charge is 0.354 e. The molecule has 0 bridgehead atoms. The molecule has 0 atom stereocenters. The van der Waals surface area contributed by atoms with Crippen LogP contribution >= 0.6 is 15.9 Å². The number of pyridine rings is 1. The standard InChI is InChI=1S/C12H20BrN3/c1-4-6-16(7-5-14-3)12-11(13)8-10(2)9-15-12/h8-9,14H,4-7H2,1-3H3. The molecule has 90 valence electrons. The van der Waals surface area contributed by atoms with Crippen molar-refractivity contribution in [1.82, 2.24) is 10.3 Å². The molecular formula is C12H20BrN3. The summed E-state index contributed by atoms with van der Waals surface area (Å²) in [7, 11) is 1.97. The van der Waals surface area contributed by atoms with Crippen LogP contribution in [0.3, 0.4) is 0 Å². The molecule has 0 spiro atoms. The minimum atomic E-state index is 0.974. The molecule has 0 unspecified atom stereocenters. The highest BCUT2D eigenvalue weighted by Crippen LogP contribution is 2.24. The average Bonchev–Trinajstić information content (AvgIpc) is 2.25. The molecule has 0 aliphatic heterocycles. The van der Waals surface area contributed by atoms with Crippen molar-refractivity contribution in [2.24, 2.45) is 0 Å². The second kappa shape index (κ2) is 6.86. The molecule has 1 N–H and O–H groups in total. The van der Waals surface area contributed by atoms with Crippen LogP contribution in [0.15, 0.2) is 16.7 Å². The number of aryl methyl sites for hydroxylation is 1. The number of rotatable bonds is 6. The molecule has 1 aromatic rings. The highest BCUT2D eigenvalue weighted by atomic mass is 79.9. The van der Waals surface area contributed by atoms with Gasteiger partial charge in [-0.1, -0.05) is 6.92 Å². The zero-order valence-electron chi connectivity index (χ0n) is 10.3. The van der Waals surface area contributed by atoms with Gasteiger partial charge >= 0.3 is 0 Å². The van der Waals surface area contributed by atoms with Gasteiger partial charge in [-0.3, -0.25) is 0 Å². The molecule has 1 heterocycles. The molecule has 0 fully saturated rings. The summed E-state index contributed by atoms with van der Waals surface area (Å²) >= 11 is 3.59. The Hall–Kier alpha value is -0.610. The van der Waals surface area contributed by atoms with Crippen LogP contribution in [0, 0.1) is 6.92 Å². The molecule has 0 aromatic carbocycles. The normalized spacial score (nSPS) is 10.5. The van der Waals surface area contributed by atoms with Crippen molar-refractivity contribution in [2.45, 2.75) is 20.3 Å². The van der Waals surface area contributed by atoms with Gasteiger partial charge in [-0.2, -0.15) is 0 Å². The van der Waals surface area contributed by atoms with E-state index in [1.807, 2.05) is 13.2 Å². The summed E-state index contributed by atoms with van der Waals surface area (Å²) in [5.41, 5.74) is 1.18. The van der Waals surface area contributed by atoms with Gasteiger partial charge < -0.3 is 10.2 Å². The second-order valence-electron chi connectivity index (χ2n) is 3.91. The lowest BCUT2D eigenvalue weighted by Crippen LogP contribution is -2.32. The number of nitrogens with zero attached hydrogens (tertiary/aromatic N) is 2. The Morgan fingerprint density at radius 3 is 2.75 bits per heavy atom. The Labute approximate surface area is 106 Å². The van der Waals surface area contributed by atoms with Gasteiger partial charge in [0.1, 0.15) is 5.82 Å². The van der Waals surface area contributed by atoms with Crippen molar-refractivity contribution in [2.75, 3.05) is 31.6 Å². The van der Waals surface area contributed by atoms with Gasteiger partial charge in [0.2, 0.25) is 0 Å². The third kappa shape index (κ3) is 3.76. The fourth-order valence-electron chi connectivity index (χ4n) is 1.60. The predicted octanol–water partition coefficient (Wildman–Crippen LogP) is 2.59. The molecule has 16 heavy (non-hydrogen) atoms. The summed E-state index contributed by atoms with van der Waals surface area (Å²) in [6.07, 6.45) is 3.05. The third-order valence-corrected chi connectivity index (χ3v) is 2.97. The van der Waals surface area contributed by atoms with E-state index < -0.39 is 0 Å². The zero-order chi connectivity index (χ0) is 12.0. The average molecular weight is 286 g/mol. The van der Waals surface area contributed by atoms with Crippen LogP contribution in [0.2, 0.25) is 0 Å². The minimum Gasteiger partial charge on any atom is -0.354 e. The summed E-state index contributed by atoms with van der Waals surface area (Å²) in [6, 6.07) is 2.12. The van der Waals surface area contributed by atoms with Crippen molar-refractivity contribution in [1.29, 1.82) is 0 Å². The van der Waals surface area contributed by atoms with Gasteiger partial charge in [0, 0.05) is 25.8 Å². The van der Waals surface area contributed by atoms with Crippen molar-refractivity contribution in [3.63, 3.8) is 0 Å². The van der Waals surface area contributed by atoms with Crippen LogP contribution in [0.1, 0.15) is 18.9 Å². The molecule has 1 rings (SSSR count). The number of aromatic nitrogens is 1. The maximum atomic E-state index is 4.50. The number of hydrogen-bond donors (Lipinski definition) is 1. The van der Waals surface area contributed by atoms with Gasteiger partial charge in [0.05, 0.1) is 4.47 Å². The molecular weight excluding hydrogens is 266 g/mol. The van der Waals surface area contributed by atoms with Crippen LogP contribution in [0.5, 0.6) is 0 Å². The monoisotopic (exact) mass is 285 g/mol. The minimum absolute atomic E-state index is 0.974. The number of hydrogen-bond acceptors (Lipinski definition) is 3. The van der Waals surface area contributed by atoms with Gasteiger partial charge in [-0.15, -0.1) is 0 Å². The van der Waals surface area contributed by atoms with Crippen molar-refractivity contribution in [3.8, 4) is 0 Å². The van der Waals surface area contributed by atoms with Crippen molar-refractivity contribution >= 4 is 21.7 Å². The maximum Gasteiger partial charge on any atom is 0.142 e. The highest BCUT2D eigenvalue weighted by Gasteiger charge is 2.10. The van der Waals surface area contributed by atoms with E-state index in [0.717, 1.165) is 36.3 Å². The van der Waals surface area contributed by atoms with E-state index in [9.17, 15) is 0 Å². The fraction of sp³-hybridized carbons (Fsp3) is 0.583. The SMILES string of the molecule is CCCN(CCNC)c1ncc(C)cc1Br. The third-order valence-electron chi connectivity index (χ3n) is 2.38. The molecule has 3 nitrogen and oxygen atoms in total. The van der Waals surface area contributed by atoms with Crippen LogP contribution in [0.4, 0.5) is 5.82 Å². The smallest absolute Gasteiger partial charge is 0.142 e. The van der Waals surface area contributed by atoms with Crippen molar-refractivity contribution in [3.05, 3.63) is 22.3 Å². The zero-order valence-corrected chi connectivity index (χ0v) is 11.8. The lowest BCUT2D eigenvalue weighted by Gasteiger charge is -2.24. The van der Waals surface area contributed by atoms with Crippen LogP contribution in [-0.4, -0.2) is 31.7 Å². The van der Waals surface area contributed by atoms with Gasteiger partial charge in [-0.25, -0.2) is 4.98 Å². The number of halogens is 1. The molecule has 4 heteroatoms. The molecule has 0 amide bonds. The van der Waals surface area contributed by atoms with Gasteiger partial charge in [0.15, 0.2) is 0 Å². The molecule has 0 aliphatic rings. The summed E-state index contributed by atoms with van der Waals surface area (Å²) in [5, 5.41) is 3.17. The fourth-order valence-corrected chi connectivity index (χ4v) is 2.31. The van der Waals surface area contributed by atoms with E-state index in [2.05, 4.69) is 51.0 Å². The first-order valence-corrected chi connectivity index (χ1v) is 6.50. The van der Waals surface area contributed by atoms with Gasteiger partial charge in [0.25, 0.3) is 0 Å². The predicted molar refractivity (Wildman–Crippen MR) is 73.1 cm³/mol. The number of anilines is 1. The van der Waals surface area contributed by atoms with E-state index in [4.69, 9.17) is 0 Å². The van der Waals surface area contributed by atoms with Crippen molar-refractivity contribution < 1.29 is 0 Å². The first-order valence-electron chi connectivity index (χ1n) is 5.70. The van der Waals surface area contributed by atoms with Gasteiger partial charge in [-0.05, 0) is 48.0 Å². The lowest BCUT2D eigenvalue weighted by atomic mass is 10.3. The number of nitrogens with one attached hydrogen (secondary N) is 1. The van der Waals surface area contributed by atoms with E-state index in [1.54, 1.807) is 0 Å². The summed E-state index contributed by atoms with van der Waals surface area (Å²) in [4.78, 5) is 6.81. The van der Waals surface area contributed by atoms with E-state index >= 15 is 0 Å². The highest BCUT2D eigenvalue weighted by molar-refractivity contribution is 9.10. The lowest BCUT2D eigenvalue weighted by molar-refractivity contribution is 0.701. The molecule has 0 saturated heterocycles. The second-order valence-corrected chi connectivity index (χ2v) is 4.76. The molecule has 0 radical (unpaired) electrons. The molecule has 1 aromatic heterocycles. The Kier molecular flexibility index (Phi) is 5.77. The molecule has 0 aliphatic carbocycles. The summed E-state index contributed by atoms with van der Waals surface area (Å²) in [5.74, 6) is 1.04. The Morgan fingerprint density at radius 1 is 1.44 bits per heavy atom. The topological polar surface area (TPSA) is 28.2 Å². The van der Waals surface area contributed by atoms with E-state index in [0.29, 0.717) is 0 Å². The summed E-state index contributed by atoms with van der Waals surface area (Å²) < 4.78 is 1.08. The maximum absolute atomic E-state index is 4.50. The van der Waals surface area contributed by atoms with Crippen LogP contribution in [0.25, 0.3) is 0 Å². The first kappa shape index (κ1) is 13.5. The first-order chi connectivity index (χ1) is 7.69. The number of likely N-dealkylation sites (N-methyl/N-ethyl adjacent to an activating group) is 1. The van der Waals surface area contributed by atoms with Crippen LogP contribution in [-0.2, 0) is 0 Å². The van der Waals surface area contributed by atoms with E-state index in [-0.39, 0.29) is 0 Å². The Morgan fingerprint density at radius 2 is 2.19 bits per heavy atom. The molecule has 0 saturated carbocycles. The Balaban J connectivity index is 2.82.